The lowest BCUT2D eigenvalue weighted by Crippen LogP contribution is -2.30. The normalized spacial score (nSPS) is 12.9. The highest BCUT2D eigenvalue weighted by Gasteiger charge is 2.20. The number of rotatable bonds is 5. The molecule has 0 fully saturated rings. The van der Waals surface area contributed by atoms with Gasteiger partial charge < -0.3 is 10.1 Å². The zero-order chi connectivity index (χ0) is 24.6. The number of thiophene rings is 1. The van der Waals surface area contributed by atoms with Gasteiger partial charge in [-0.05, 0) is 52.9 Å². The number of nitrogens with one attached hydrogen (secondary N) is 1. The highest BCUT2D eigenvalue weighted by molar-refractivity contribution is 7.17. The zero-order valence-corrected chi connectivity index (χ0v) is 19.6. The molecule has 0 spiro atoms. The van der Waals surface area contributed by atoms with E-state index in [2.05, 4.69) is 20.5 Å². The molecular formula is C27H18F2N4O2S. The average molecular weight is 501 g/mol. The monoisotopic (exact) mass is 500 g/mol. The third-order valence-electron chi connectivity index (χ3n) is 6.09. The number of pyridine rings is 1. The summed E-state index contributed by atoms with van der Waals surface area (Å²) in [5.74, 6) is -0.739. The molecule has 36 heavy (non-hydrogen) atoms. The fourth-order valence-corrected chi connectivity index (χ4v) is 5.18. The first-order valence-corrected chi connectivity index (χ1v) is 12.1. The second kappa shape index (κ2) is 9.09. The van der Waals surface area contributed by atoms with E-state index in [4.69, 9.17) is 4.74 Å². The molecule has 5 aromatic rings. The van der Waals surface area contributed by atoms with Crippen molar-refractivity contribution in [2.24, 2.45) is 0 Å². The van der Waals surface area contributed by atoms with Crippen LogP contribution in [0.15, 0.2) is 66.2 Å². The minimum atomic E-state index is -0.495. The molecule has 0 aliphatic carbocycles. The summed E-state index contributed by atoms with van der Waals surface area (Å²) in [4.78, 5) is 15.7. The van der Waals surface area contributed by atoms with Crippen LogP contribution in [0.2, 0.25) is 0 Å². The Kier molecular flexibility index (Phi) is 5.61. The summed E-state index contributed by atoms with van der Waals surface area (Å²) < 4.78 is 34.9. The van der Waals surface area contributed by atoms with E-state index < -0.39 is 11.6 Å². The molecule has 0 bridgehead atoms. The highest BCUT2D eigenvalue weighted by atomic mass is 32.1. The number of fused-ring (bicyclic) bond motifs is 2. The number of amides is 1. The molecule has 6 rings (SSSR count). The van der Waals surface area contributed by atoms with Gasteiger partial charge in [0.05, 0.1) is 11.1 Å². The van der Waals surface area contributed by atoms with Gasteiger partial charge in [-0.3, -0.25) is 9.78 Å². The predicted octanol–water partition coefficient (Wildman–Crippen LogP) is 5.45. The number of hydrogen-bond acceptors (Lipinski definition) is 6. The van der Waals surface area contributed by atoms with Crippen LogP contribution in [0.4, 0.5) is 8.78 Å². The summed E-state index contributed by atoms with van der Waals surface area (Å²) in [6.45, 7) is 0.321. The van der Waals surface area contributed by atoms with Crippen molar-refractivity contribution in [1.82, 2.24) is 20.5 Å². The second-order valence-corrected chi connectivity index (χ2v) is 9.27. The van der Waals surface area contributed by atoms with Crippen LogP contribution in [0.5, 0.6) is 5.75 Å². The SMILES string of the molecule is O=C1Cc2ccc(-c3nnc(-c4ccc(F)cc4OCc4ncccc4F)c4sccc34)cc2CN1. The molecule has 1 amide bonds. The molecule has 0 saturated heterocycles. The van der Waals surface area contributed by atoms with Crippen molar-refractivity contribution < 1.29 is 18.3 Å². The van der Waals surface area contributed by atoms with Crippen molar-refractivity contribution in [2.45, 2.75) is 19.6 Å². The standard InChI is InChI=1S/C27H18F2N4O2S/c28-18-5-6-19(23(12-18)35-14-22-21(29)2-1-8-30-22)26-27-20(7-9-36-27)25(32-33-26)16-4-3-15-11-24(34)31-13-17(15)10-16/h1-10,12H,11,13-14H2,(H,31,34). The smallest absolute Gasteiger partial charge is 0.224 e. The van der Waals surface area contributed by atoms with E-state index in [1.807, 2.05) is 29.6 Å². The van der Waals surface area contributed by atoms with Crippen molar-refractivity contribution in [1.29, 1.82) is 0 Å². The molecule has 1 aliphatic heterocycles. The van der Waals surface area contributed by atoms with E-state index >= 15 is 0 Å². The first kappa shape index (κ1) is 22.2. The lowest BCUT2D eigenvalue weighted by Gasteiger charge is -2.17. The summed E-state index contributed by atoms with van der Waals surface area (Å²) in [7, 11) is 0. The van der Waals surface area contributed by atoms with E-state index in [0.717, 1.165) is 32.5 Å². The third kappa shape index (κ3) is 4.07. The Morgan fingerprint density at radius 3 is 2.78 bits per heavy atom. The van der Waals surface area contributed by atoms with Crippen LogP contribution in [0, 0.1) is 11.6 Å². The third-order valence-corrected chi connectivity index (χ3v) is 7.01. The van der Waals surface area contributed by atoms with Gasteiger partial charge >= 0.3 is 0 Å². The average Bonchev–Trinajstić information content (AvgIpc) is 3.38. The molecule has 1 N–H and O–H groups in total. The van der Waals surface area contributed by atoms with Gasteiger partial charge in [0.1, 0.15) is 41.1 Å². The van der Waals surface area contributed by atoms with E-state index in [-0.39, 0.29) is 24.0 Å². The van der Waals surface area contributed by atoms with E-state index in [1.54, 1.807) is 6.07 Å². The number of halogens is 2. The highest BCUT2D eigenvalue weighted by Crippen LogP contribution is 2.39. The van der Waals surface area contributed by atoms with Crippen LogP contribution in [0.3, 0.4) is 0 Å². The number of carbonyl (C=O) groups is 1. The molecular weight excluding hydrogens is 482 g/mol. The van der Waals surface area contributed by atoms with Crippen molar-refractivity contribution in [3.05, 3.63) is 94.6 Å². The number of hydrogen-bond donors (Lipinski definition) is 1. The molecule has 0 atom stereocenters. The molecule has 3 aromatic heterocycles. The molecule has 1 aliphatic rings. The van der Waals surface area contributed by atoms with E-state index in [0.29, 0.717) is 24.2 Å². The maximum Gasteiger partial charge on any atom is 0.224 e. The van der Waals surface area contributed by atoms with Gasteiger partial charge in [-0.25, -0.2) is 8.78 Å². The number of benzene rings is 2. The summed E-state index contributed by atoms with van der Waals surface area (Å²) in [6, 6.07) is 14.9. The van der Waals surface area contributed by atoms with Gasteiger partial charge in [0, 0.05) is 35.3 Å². The Hall–Kier alpha value is -4.24. The Morgan fingerprint density at radius 2 is 1.89 bits per heavy atom. The van der Waals surface area contributed by atoms with Gasteiger partial charge in [-0.2, -0.15) is 0 Å². The zero-order valence-electron chi connectivity index (χ0n) is 18.8. The van der Waals surface area contributed by atoms with Crippen LogP contribution >= 0.6 is 11.3 Å². The Bertz CT molecular complexity index is 1640. The molecule has 0 radical (unpaired) electrons. The summed E-state index contributed by atoms with van der Waals surface area (Å²) >= 11 is 1.50. The Balaban J connectivity index is 1.40. The van der Waals surface area contributed by atoms with E-state index in [1.165, 1.54) is 41.8 Å². The first-order chi connectivity index (χ1) is 17.6. The van der Waals surface area contributed by atoms with Crippen LogP contribution in [0.25, 0.3) is 32.6 Å². The molecule has 0 unspecified atom stereocenters. The minimum Gasteiger partial charge on any atom is -0.486 e. The molecule has 2 aromatic carbocycles. The van der Waals surface area contributed by atoms with Gasteiger partial charge in [0.25, 0.3) is 0 Å². The van der Waals surface area contributed by atoms with Gasteiger partial charge in [-0.1, -0.05) is 12.1 Å². The van der Waals surface area contributed by atoms with Crippen LogP contribution in [-0.2, 0) is 24.4 Å². The maximum absolute atomic E-state index is 14.1. The van der Waals surface area contributed by atoms with Crippen molar-refractivity contribution in [3.63, 3.8) is 0 Å². The Labute approximate surface area is 208 Å². The second-order valence-electron chi connectivity index (χ2n) is 8.36. The summed E-state index contributed by atoms with van der Waals surface area (Å²) in [5, 5.41) is 14.8. The summed E-state index contributed by atoms with van der Waals surface area (Å²) in [5.41, 5.74) is 4.89. The first-order valence-electron chi connectivity index (χ1n) is 11.2. The maximum atomic E-state index is 14.1. The lowest BCUT2D eigenvalue weighted by atomic mass is 9.96. The van der Waals surface area contributed by atoms with Crippen molar-refractivity contribution in [3.8, 4) is 28.3 Å². The quantitative estimate of drug-likeness (QED) is 0.347. The fraction of sp³-hybridized carbons (Fsp3) is 0.111. The van der Waals surface area contributed by atoms with Crippen LogP contribution < -0.4 is 10.1 Å². The molecule has 0 saturated carbocycles. The lowest BCUT2D eigenvalue weighted by molar-refractivity contribution is -0.121. The number of carbonyl (C=O) groups excluding carboxylic acids is 1. The van der Waals surface area contributed by atoms with Crippen LogP contribution in [0.1, 0.15) is 16.8 Å². The molecule has 9 heteroatoms. The van der Waals surface area contributed by atoms with Crippen LogP contribution in [-0.4, -0.2) is 21.1 Å². The molecule has 4 heterocycles. The molecule has 6 nitrogen and oxygen atoms in total. The number of ether oxygens (including phenoxy) is 1. The molecule has 178 valence electrons. The van der Waals surface area contributed by atoms with Gasteiger partial charge in [0.15, 0.2) is 0 Å². The Morgan fingerprint density at radius 1 is 1.00 bits per heavy atom. The van der Waals surface area contributed by atoms with Crippen molar-refractivity contribution in [2.75, 3.05) is 0 Å². The summed E-state index contributed by atoms with van der Waals surface area (Å²) in [6.07, 6.45) is 1.84. The number of nitrogens with zero attached hydrogens (tertiary/aromatic N) is 3. The number of aromatic nitrogens is 3. The topological polar surface area (TPSA) is 77.0 Å². The van der Waals surface area contributed by atoms with Gasteiger partial charge in [-0.15, -0.1) is 21.5 Å². The minimum absolute atomic E-state index is 0.0164. The predicted molar refractivity (Wildman–Crippen MR) is 132 cm³/mol. The van der Waals surface area contributed by atoms with E-state index in [9.17, 15) is 13.6 Å². The fourth-order valence-electron chi connectivity index (χ4n) is 4.29. The largest absolute Gasteiger partial charge is 0.486 e. The van der Waals surface area contributed by atoms with Crippen molar-refractivity contribution >= 4 is 27.3 Å². The van der Waals surface area contributed by atoms with Gasteiger partial charge in [0.2, 0.25) is 5.91 Å².